The molecular formula is C20H23N3O3. The van der Waals surface area contributed by atoms with Gasteiger partial charge in [-0.25, -0.2) is 0 Å². The topological polar surface area (TPSA) is 62.7 Å². The number of nitrogens with zero attached hydrogens (tertiary/aromatic N) is 3. The lowest BCUT2D eigenvalue weighted by Gasteiger charge is -2.22. The fourth-order valence-corrected chi connectivity index (χ4v) is 2.92. The van der Waals surface area contributed by atoms with Crippen molar-refractivity contribution in [1.29, 1.82) is 0 Å². The van der Waals surface area contributed by atoms with Crippen LogP contribution in [0.2, 0.25) is 0 Å². The van der Waals surface area contributed by atoms with E-state index in [1.165, 1.54) is 0 Å². The molecule has 136 valence electrons. The quantitative estimate of drug-likeness (QED) is 0.845. The van der Waals surface area contributed by atoms with Crippen LogP contribution in [0.15, 0.2) is 48.8 Å². The second kappa shape index (κ2) is 8.47. The minimum atomic E-state index is -0.0521. The number of benzene rings is 1. The van der Waals surface area contributed by atoms with E-state index < -0.39 is 0 Å². The molecule has 0 atom stereocenters. The van der Waals surface area contributed by atoms with Crippen LogP contribution in [0, 0.1) is 6.92 Å². The summed E-state index contributed by atoms with van der Waals surface area (Å²) in [4.78, 5) is 32.5. The number of hydrogen-bond donors (Lipinski definition) is 0. The highest BCUT2D eigenvalue weighted by Gasteiger charge is 2.23. The van der Waals surface area contributed by atoms with Gasteiger partial charge in [0.15, 0.2) is 6.61 Å². The van der Waals surface area contributed by atoms with Gasteiger partial charge in [-0.15, -0.1) is 0 Å². The molecule has 1 saturated heterocycles. The Labute approximate surface area is 153 Å². The summed E-state index contributed by atoms with van der Waals surface area (Å²) in [6.07, 6.45) is 3.99. The molecule has 2 heterocycles. The van der Waals surface area contributed by atoms with Crippen molar-refractivity contribution in [3.05, 3.63) is 59.9 Å². The summed E-state index contributed by atoms with van der Waals surface area (Å²) in [6, 6.07) is 11.1. The van der Waals surface area contributed by atoms with Gasteiger partial charge in [0.05, 0.1) is 0 Å². The predicted molar refractivity (Wildman–Crippen MR) is 98.0 cm³/mol. The van der Waals surface area contributed by atoms with Crippen LogP contribution >= 0.6 is 0 Å². The maximum atomic E-state index is 12.5. The second-order valence-corrected chi connectivity index (χ2v) is 6.36. The molecule has 1 aliphatic heterocycles. The van der Waals surface area contributed by atoms with E-state index in [2.05, 4.69) is 4.98 Å². The van der Waals surface area contributed by atoms with Gasteiger partial charge in [0.1, 0.15) is 5.75 Å². The monoisotopic (exact) mass is 353 g/mol. The van der Waals surface area contributed by atoms with Crippen LogP contribution in [0.3, 0.4) is 0 Å². The van der Waals surface area contributed by atoms with Crippen molar-refractivity contribution in [1.82, 2.24) is 14.8 Å². The summed E-state index contributed by atoms with van der Waals surface area (Å²) in [7, 11) is 0. The Morgan fingerprint density at radius 2 is 1.62 bits per heavy atom. The maximum absolute atomic E-state index is 12.5. The SMILES string of the molecule is Cc1ccc(OCC(=O)N2CCCN(C(=O)c3ccncc3)CC2)cc1. The molecule has 6 heteroatoms. The molecule has 0 saturated carbocycles. The van der Waals surface area contributed by atoms with Crippen molar-refractivity contribution < 1.29 is 14.3 Å². The molecule has 0 aliphatic carbocycles. The zero-order valence-corrected chi connectivity index (χ0v) is 14.9. The molecule has 0 N–H and O–H groups in total. The van der Waals surface area contributed by atoms with Gasteiger partial charge in [-0.05, 0) is 37.6 Å². The van der Waals surface area contributed by atoms with Crippen LogP contribution in [0.1, 0.15) is 22.3 Å². The van der Waals surface area contributed by atoms with Gasteiger partial charge in [0, 0.05) is 44.1 Å². The molecule has 1 aliphatic rings. The van der Waals surface area contributed by atoms with E-state index in [0.29, 0.717) is 37.5 Å². The lowest BCUT2D eigenvalue weighted by atomic mass is 10.2. The van der Waals surface area contributed by atoms with E-state index >= 15 is 0 Å². The van der Waals surface area contributed by atoms with Gasteiger partial charge >= 0.3 is 0 Å². The highest BCUT2D eigenvalue weighted by molar-refractivity contribution is 5.94. The number of aromatic nitrogens is 1. The van der Waals surface area contributed by atoms with Gasteiger partial charge in [0.25, 0.3) is 11.8 Å². The largest absolute Gasteiger partial charge is 0.484 e. The van der Waals surface area contributed by atoms with Crippen molar-refractivity contribution in [2.75, 3.05) is 32.8 Å². The number of pyridine rings is 1. The summed E-state index contributed by atoms with van der Waals surface area (Å²) in [6.45, 7) is 4.34. The van der Waals surface area contributed by atoms with Crippen molar-refractivity contribution in [2.45, 2.75) is 13.3 Å². The average Bonchev–Trinajstić information content (AvgIpc) is 2.94. The lowest BCUT2D eigenvalue weighted by Crippen LogP contribution is -2.39. The summed E-state index contributed by atoms with van der Waals surface area (Å²) < 4.78 is 5.58. The minimum Gasteiger partial charge on any atom is -0.484 e. The van der Waals surface area contributed by atoms with E-state index in [-0.39, 0.29) is 18.4 Å². The van der Waals surface area contributed by atoms with Crippen LogP contribution in [-0.2, 0) is 4.79 Å². The zero-order chi connectivity index (χ0) is 18.4. The molecular weight excluding hydrogens is 330 g/mol. The molecule has 1 aromatic heterocycles. The van der Waals surface area contributed by atoms with Crippen molar-refractivity contribution in [3.63, 3.8) is 0 Å². The first-order valence-corrected chi connectivity index (χ1v) is 8.80. The van der Waals surface area contributed by atoms with Gasteiger partial charge in [-0.3, -0.25) is 14.6 Å². The van der Waals surface area contributed by atoms with Crippen LogP contribution in [0.25, 0.3) is 0 Å². The number of rotatable bonds is 4. The molecule has 0 spiro atoms. The number of ether oxygens (including phenoxy) is 1. The number of carbonyl (C=O) groups is 2. The summed E-state index contributed by atoms with van der Waals surface area (Å²) in [5, 5.41) is 0. The van der Waals surface area contributed by atoms with Gasteiger partial charge in [-0.2, -0.15) is 0 Å². The highest BCUT2D eigenvalue weighted by Crippen LogP contribution is 2.12. The number of hydrogen-bond acceptors (Lipinski definition) is 4. The molecule has 0 bridgehead atoms. The normalized spacial score (nSPS) is 14.7. The van der Waals surface area contributed by atoms with E-state index in [1.54, 1.807) is 34.3 Å². The van der Waals surface area contributed by atoms with Gasteiger partial charge in [-0.1, -0.05) is 17.7 Å². The third kappa shape index (κ3) is 4.59. The highest BCUT2D eigenvalue weighted by atomic mass is 16.5. The number of amides is 2. The maximum Gasteiger partial charge on any atom is 0.260 e. The first-order chi connectivity index (χ1) is 12.6. The molecule has 1 fully saturated rings. The Balaban J connectivity index is 1.52. The average molecular weight is 353 g/mol. The first-order valence-electron chi connectivity index (χ1n) is 8.80. The Morgan fingerprint density at radius 1 is 0.962 bits per heavy atom. The summed E-state index contributed by atoms with van der Waals surface area (Å²) in [5.74, 6) is 0.620. The molecule has 2 amide bonds. The van der Waals surface area contributed by atoms with Crippen molar-refractivity contribution in [3.8, 4) is 5.75 Å². The van der Waals surface area contributed by atoms with Crippen LogP contribution < -0.4 is 4.74 Å². The van der Waals surface area contributed by atoms with Gasteiger partial charge in [0.2, 0.25) is 0 Å². The smallest absolute Gasteiger partial charge is 0.260 e. The molecule has 6 nitrogen and oxygen atoms in total. The lowest BCUT2D eigenvalue weighted by molar-refractivity contribution is -0.133. The first kappa shape index (κ1) is 17.9. The van der Waals surface area contributed by atoms with E-state index in [1.807, 2.05) is 31.2 Å². The molecule has 2 aromatic rings. The van der Waals surface area contributed by atoms with E-state index in [0.717, 1.165) is 12.0 Å². The fourth-order valence-electron chi connectivity index (χ4n) is 2.92. The molecule has 26 heavy (non-hydrogen) atoms. The minimum absolute atomic E-state index is 0.0152. The van der Waals surface area contributed by atoms with Gasteiger partial charge < -0.3 is 14.5 Å². The standard InChI is InChI=1S/C20H23N3O3/c1-16-3-5-18(6-4-16)26-15-19(24)22-11-2-12-23(14-13-22)20(25)17-7-9-21-10-8-17/h3-10H,2,11-15H2,1H3. The molecule has 0 unspecified atom stereocenters. The van der Waals surface area contributed by atoms with E-state index in [4.69, 9.17) is 4.74 Å². The van der Waals surface area contributed by atoms with Crippen molar-refractivity contribution >= 4 is 11.8 Å². The molecule has 0 radical (unpaired) electrons. The van der Waals surface area contributed by atoms with Crippen LogP contribution in [0.4, 0.5) is 0 Å². The van der Waals surface area contributed by atoms with E-state index in [9.17, 15) is 9.59 Å². The van der Waals surface area contributed by atoms with Crippen molar-refractivity contribution in [2.24, 2.45) is 0 Å². The second-order valence-electron chi connectivity index (χ2n) is 6.36. The van der Waals surface area contributed by atoms with Crippen LogP contribution in [-0.4, -0.2) is 59.4 Å². The third-order valence-electron chi connectivity index (χ3n) is 4.45. The Hall–Kier alpha value is -2.89. The fraction of sp³-hybridized carbons (Fsp3) is 0.350. The molecule has 3 rings (SSSR count). The number of carbonyl (C=O) groups excluding carboxylic acids is 2. The summed E-state index contributed by atoms with van der Waals surface area (Å²) >= 11 is 0. The zero-order valence-electron chi connectivity index (χ0n) is 14.9. The number of aryl methyl sites for hydroxylation is 1. The Bertz CT molecular complexity index is 747. The Morgan fingerprint density at radius 3 is 2.35 bits per heavy atom. The molecule has 1 aromatic carbocycles. The van der Waals surface area contributed by atoms with Crippen LogP contribution in [0.5, 0.6) is 5.75 Å². The summed E-state index contributed by atoms with van der Waals surface area (Å²) in [5.41, 5.74) is 1.78. The Kier molecular flexibility index (Phi) is 5.84. The third-order valence-corrected chi connectivity index (χ3v) is 4.45. The predicted octanol–water partition coefficient (Wildman–Crippen LogP) is 2.14.